The summed E-state index contributed by atoms with van der Waals surface area (Å²) in [5.74, 6) is -0.333. The van der Waals surface area contributed by atoms with Crippen molar-refractivity contribution in [3.05, 3.63) is 54.7 Å². The molecule has 0 amide bonds. The number of carbonyl (C=O) groups excluding carboxylic acids is 1. The van der Waals surface area contributed by atoms with E-state index < -0.39 is 10.8 Å². The van der Waals surface area contributed by atoms with E-state index in [1.807, 2.05) is 6.07 Å². The zero-order valence-electron chi connectivity index (χ0n) is 15.0. The Kier molecular flexibility index (Phi) is 5.04. The number of esters is 1. The van der Waals surface area contributed by atoms with Crippen molar-refractivity contribution in [2.45, 2.75) is 13.0 Å². The lowest BCUT2D eigenvalue weighted by atomic mass is 10.0. The van der Waals surface area contributed by atoms with Crippen molar-refractivity contribution in [1.29, 1.82) is 0 Å². The maximum absolute atomic E-state index is 12.1. The molecule has 0 aliphatic carbocycles. The van der Waals surface area contributed by atoms with Gasteiger partial charge in [-0.25, -0.2) is 0 Å². The van der Waals surface area contributed by atoms with E-state index in [2.05, 4.69) is 4.74 Å². The minimum absolute atomic E-state index is 0.172. The number of aryl methyl sites for hydroxylation is 1. The highest BCUT2D eigenvalue weighted by Gasteiger charge is 2.19. The Hall–Kier alpha value is -3.07. The van der Waals surface area contributed by atoms with Gasteiger partial charge in [-0.1, -0.05) is 17.4 Å². The highest BCUT2D eigenvalue weighted by Crippen LogP contribution is 2.31. The number of rotatable bonds is 5. The highest BCUT2D eigenvalue weighted by atomic mass is 32.1. The third-order valence-corrected chi connectivity index (χ3v) is 5.32. The van der Waals surface area contributed by atoms with Gasteiger partial charge in [0.1, 0.15) is 12.3 Å². The van der Waals surface area contributed by atoms with Crippen LogP contribution in [0.25, 0.3) is 10.9 Å². The van der Waals surface area contributed by atoms with E-state index >= 15 is 0 Å². The molecule has 0 saturated heterocycles. The first kappa shape index (κ1) is 18.7. The minimum Gasteiger partial charge on any atom is -0.495 e. The summed E-state index contributed by atoms with van der Waals surface area (Å²) in [5.41, 5.74) is 1.26. The van der Waals surface area contributed by atoms with Gasteiger partial charge in [0, 0.05) is 24.9 Å². The highest BCUT2D eigenvalue weighted by molar-refractivity contribution is 7.09. The van der Waals surface area contributed by atoms with Crippen LogP contribution < -0.4 is 15.2 Å². The number of benzene rings is 1. The molecule has 3 rings (SSSR count). The van der Waals surface area contributed by atoms with Gasteiger partial charge in [-0.2, -0.15) is 0 Å². The molecule has 3 aromatic rings. The van der Waals surface area contributed by atoms with Crippen molar-refractivity contribution in [1.82, 2.24) is 9.13 Å². The summed E-state index contributed by atoms with van der Waals surface area (Å²) in [6, 6.07) is 6.71. The number of aromatic hydroxyl groups is 1. The zero-order valence-corrected chi connectivity index (χ0v) is 15.8. The SMILES string of the molecule is COC(=O)Cn1c(O)c(Cc2ccc(OC)c3c2ccc(=O)n3C)sc1=O. The molecule has 0 aliphatic rings. The van der Waals surface area contributed by atoms with Crippen molar-refractivity contribution in [3.63, 3.8) is 0 Å². The Balaban J connectivity index is 2.10. The third kappa shape index (κ3) is 3.33. The first-order valence-electron chi connectivity index (χ1n) is 8.01. The summed E-state index contributed by atoms with van der Waals surface area (Å²) >= 11 is 0.864. The number of carbonyl (C=O) groups is 1. The van der Waals surface area contributed by atoms with Crippen molar-refractivity contribution in [3.8, 4) is 11.6 Å². The second-order valence-corrected chi connectivity index (χ2v) is 6.92. The van der Waals surface area contributed by atoms with Crippen LogP contribution >= 0.6 is 11.3 Å². The van der Waals surface area contributed by atoms with Gasteiger partial charge in [0.15, 0.2) is 0 Å². The number of hydrogen-bond donors (Lipinski definition) is 1. The van der Waals surface area contributed by atoms with Crippen LogP contribution in [0.1, 0.15) is 10.4 Å². The Morgan fingerprint density at radius 1 is 1.19 bits per heavy atom. The molecule has 27 heavy (non-hydrogen) atoms. The van der Waals surface area contributed by atoms with Crippen LogP contribution in [-0.2, 0) is 29.5 Å². The average molecular weight is 390 g/mol. The summed E-state index contributed by atoms with van der Waals surface area (Å²) < 4.78 is 12.4. The molecule has 2 aromatic heterocycles. The molecule has 0 aliphatic heterocycles. The van der Waals surface area contributed by atoms with Gasteiger partial charge in [-0.15, -0.1) is 0 Å². The number of thiazole rings is 1. The molecule has 142 valence electrons. The smallest absolute Gasteiger partial charge is 0.325 e. The van der Waals surface area contributed by atoms with Crippen molar-refractivity contribution < 1.29 is 19.4 Å². The van der Waals surface area contributed by atoms with E-state index in [9.17, 15) is 19.5 Å². The van der Waals surface area contributed by atoms with E-state index in [-0.39, 0.29) is 24.4 Å². The molecular weight excluding hydrogens is 372 g/mol. The predicted molar refractivity (Wildman–Crippen MR) is 101 cm³/mol. The van der Waals surface area contributed by atoms with Crippen LogP contribution in [0, 0.1) is 0 Å². The summed E-state index contributed by atoms with van der Waals surface area (Å²) in [5, 5.41) is 11.1. The molecule has 1 aromatic carbocycles. The fraction of sp³-hybridized carbons (Fsp3) is 0.278. The van der Waals surface area contributed by atoms with Gasteiger partial charge in [0.05, 0.1) is 24.6 Å². The standard InChI is InChI=1S/C18H18N2O6S/c1-19-14(21)7-5-11-10(4-6-12(25-2)16(11)19)8-13-17(23)20(18(24)27-13)9-15(22)26-3/h4-7,23H,8-9H2,1-3H3. The second kappa shape index (κ2) is 7.28. The molecule has 0 fully saturated rings. The van der Waals surface area contributed by atoms with E-state index in [0.717, 1.165) is 26.9 Å². The van der Waals surface area contributed by atoms with E-state index in [1.54, 1.807) is 19.2 Å². The second-order valence-electron chi connectivity index (χ2n) is 5.87. The topological polar surface area (TPSA) is 99.8 Å². The number of ether oxygens (including phenoxy) is 2. The van der Waals surface area contributed by atoms with Gasteiger partial charge in [-0.05, 0) is 17.7 Å². The molecule has 9 heteroatoms. The number of fused-ring (bicyclic) bond motifs is 1. The van der Waals surface area contributed by atoms with Crippen LogP contribution in [0.3, 0.4) is 0 Å². The minimum atomic E-state index is -0.623. The Morgan fingerprint density at radius 2 is 1.93 bits per heavy atom. The largest absolute Gasteiger partial charge is 0.495 e. The molecule has 0 bridgehead atoms. The molecule has 8 nitrogen and oxygen atoms in total. The van der Waals surface area contributed by atoms with Gasteiger partial charge in [-0.3, -0.25) is 19.0 Å². The van der Waals surface area contributed by atoms with E-state index in [4.69, 9.17) is 4.74 Å². The fourth-order valence-corrected chi connectivity index (χ4v) is 3.82. The lowest BCUT2D eigenvalue weighted by Crippen LogP contribution is -2.19. The molecule has 0 spiro atoms. The normalized spacial score (nSPS) is 10.9. The van der Waals surface area contributed by atoms with Crippen LogP contribution in [0.4, 0.5) is 0 Å². The fourth-order valence-electron chi connectivity index (χ4n) is 2.92. The number of methoxy groups -OCH3 is 2. The van der Waals surface area contributed by atoms with E-state index in [0.29, 0.717) is 16.1 Å². The summed E-state index contributed by atoms with van der Waals surface area (Å²) in [6.07, 6.45) is 0.263. The number of nitrogens with zero attached hydrogens (tertiary/aromatic N) is 2. The lowest BCUT2D eigenvalue weighted by molar-refractivity contribution is -0.141. The molecule has 0 unspecified atom stereocenters. The van der Waals surface area contributed by atoms with Crippen LogP contribution in [0.2, 0.25) is 0 Å². The average Bonchev–Trinajstić information content (AvgIpc) is 2.92. The van der Waals surface area contributed by atoms with Gasteiger partial charge >= 0.3 is 10.8 Å². The monoisotopic (exact) mass is 390 g/mol. The summed E-state index contributed by atoms with van der Waals surface area (Å²) in [7, 11) is 4.39. The Labute approximate surface area is 157 Å². The molecule has 0 radical (unpaired) electrons. The van der Waals surface area contributed by atoms with E-state index in [1.165, 1.54) is 24.9 Å². The Morgan fingerprint density at radius 3 is 2.59 bits per heavy atom. The lowest BCUT2D eigenvalue weighted by Gasteiger charge is -2.13. The summed E-state index contributed by atoms with van der Waals surface area (Å²) in [6.45, 7) is -0.352. The number of pyridine rings is 1. The molecule has 1 N–H and O–H groups in total. The zero-order chi connectivity index (χ0) is 19.7. The van der Waals surface area contributed by atoms with Gasteiger partial charge < -0.3 is 19.1 Å². The maximum Gasteiger partial charge on any atom is 0.325 e. The molecular formula is C18H18N2O6S. The quantitative estimate of drug-likeness (QED) is 0.658. The maximum atomic E-state index is 12.1. The van der Waals surface area contributed by atoms with Crippen LogP contribution in [-0.4, -0.2) is 34.4 Å². The first-order valence-corrected chi connectivity index (χ1v) is 8.83. The van der Waals surface area contributed by atoms with Crippen molar-refractivity contribution in [2.24, 2.45) is 7.05 Å². The van der Waals surface area contributed by atoms with Gasteiger partial charge in [0.25, 0.3) is 5.56 Å². The van der Waals surface area contributed by atoms with Crippen LogP contribution in [0.5, 0.6) is 11.6 Å². The molecule has 0 atom stereocenters. The van der Waals surface area contributed by atoms with Crippen LogP contribution in [0.15, 0.2) is 33.9 Å². The predicted octanol–water partition coefficient (Wildman–Crippen LogP) is 1.24. The van der Waals surface area contributed by atoms with Gasteiger partial charge in [0.2, 0.25) is 5.88 Å². The first-order chi connectivity index (χ1) is 12.9. The molecule has 0 saturated carbocycles. The van der Waals surface area contributed by atoms with Crippen molar-refractivity contribution in [2.75, 3.05) is 14.2 Å². The number of hydrogen-bond acceptors (Lipinski definition) is 7. The number of aromatic nitrogens is 2. The van der Waals surface area contributed by atoms with Crippen molar-refractivity contribution >= 4 is 28.2 Å². The Bertz CT molecular complexity index is 1140. The molecule has 2 heterocycles. The third-order valence-electron chi connectivity index (χ3n) is 4.35. The summed E-state index contributed by atoms with van der Waals surface area (Å²) in [4.78, 5) is 35.5.